The molecule has 2 aliphatic rings. The third-order valence-corrected chi connectivity index (χ3v) is 8.51. The Hall–Kier alpha value is -4.89. The van der Waals surface area contributed by atoms with Crippen molar-refractivity contribution in [1.29, 1.82) is 5.26 Å². The number of aromatic nitrogens is 1. The summed E-state index contributed by atoms with van der Waals surface area (Å²) in [7, 11) is 0. The summed E-state index contributed by atoms with van der Waals surface area (Å²) in [6.07, 6.45) is 3.65. The van der Waals surface area contributed by atoms with Crippen molar-refractivity contribution in [3.05, 3.63) is 99.6 Å². The number of rotatable bonds is 12. The van der Waals surface area contributed by atoms with Crippen molar-refractivity contribution < 1.29 is 38.0 Å². The highest BCUT2D eigenvalue weighted by Gasteiger charge is 2.30. The van der Waals surface area contributed by atoms with Crippen LogP contribution in [0.1, 0.15) is 54.2 Å². The number of nitriles is 1. The molecule has 3 aromatic carbocycles. The zero-order chi connectivity index (χ0) is 34.5. The van der Waals surface area contributed by atoms with E-state index in [0.29, 0.717) is 64.0 Å². The molecule has 2 atom stereocenters. The van der Waals surface area contributed by atoms with Gasteiger partial charge in [-0.05, 0) is 67.6 Å². The number of aliphatic hydroxyl groups is 1. The van der Waals surface area contributed by atoms with Crippen LogP contribution in [0.3, 0.4) is 0 Å². The molecule has 0 fully saturated rings. The first kappa shape index (κ1) is 34.0. The van der Waals surface area contributed by atoms with Crippen molar-refractivity contribution in [3.8, 4) is 40.2 Å². The van der Waals surface area contributed by atoms with Crippen LogP contribution in [-0.2, 0) is 29.1 Å². The average Bonchev–Trinajstić information content (AvgIpc) is 3.52. The number of nitrogens with one attached hydrogen (secondary N) is 1. The summed E-state index contributed by atoms with van der Waals surface area (Å²) in [4.78, 5) is 16.6. The van der Waals surface area contributed by atoms with Crippen molar-refractivity contribution in [1.82, 2.24) is 10.3 Å². The summed E-state index contributed by atoms with van der Waals surface area (Å²) in [5.74, 6) is 0.257. The highest BCUT2D eigenvalue weighted by molar-refractivity contribution is 6.32. The number of halogens is 2. The Balaban J connectivity index is 1.27. The zero-order valence-corrected chi connectivity index (χ0v) is 27.8. The third-order valence-electron chi connectivity index (χ3n) is 8.21. The molecule has 0 saturated heterocycles. The summed E-state index contributed by atoms with van der Waals surface area (Å²) in [5, 5.41) is 22.5. The molecule has 0 saturated carbocycles. The maximum atomic E-state index is 15.6. The van der Waals surface area contributed by atoms with Gasteiger partial charge in [0.25, 0.3) is 0 Å². The molecule has 2 N–H and O–H groups in total. The van der Waals surface area contributed by atoms with E-state index in [1.807, 2.05) is 18.2 Å². The lowest BCUT2D eigenvalue weighted by Crippen LogP contribution is -2.41. The molecular formula is C37H35ClFN3O7. The number of benzene rings is 3. The molecule has 0 spiro atoms. The van der Waals surface area contributed by atoms with E-state index >= 15 is 4.39 Å². The molecule has 12 heteroatoms. The Labute approximate surface area is 288 Å². The maximum Gasteiger partial charge on any atom is 0.325 e. The third kappa shape index (κ3) is 7.57. The Bertz CT molecular complexity index is 1900. The number of carbonyl (C=O) groups excluding carboxylic acids is 1. The first-order valence-corrected chi connectivity index (χ1v) is 16.3. The molecule has 49 heavy (non-hydrogen) atoms. The molecule has 1 aliphatic heterocycles. The molecule has 2 unspecified atom stereocenters. The standard InChI is InChI=1S/C37H35ClFN3O7/c1-21(2)48-37(44)30(19-43)42-18-24-13-29(38)34(14-33(24)47-20-23-12-22(15-40)16-41-17-23)49-31-8-6-26-25(4-3-5-27(26)31)28-7-9-32-36(35(28)39)46-11-10-45-32/h3-5,7,9,12-14,16-17,21,30-31,42-43H,6,8,10-11,18-20H2,1-2H3. The molecule has 1 aliphatic carbocycles. The first-order valence-electron chi connectivity index (χ1n) is 16.0. The Morgan fingerprint density at radius 3 is 2.78 bits per heavy atom. The molecule has 0 radical (unpaired) electrons. The highest BCUT2D eigenvalue weighted by atomic mass is 35.5. The van der Waals surface area contributed by atoms with E-state index in [0.717, 1.165) is 16.7 Å². The van der Waals surface area contributed by atoms with Gasteiger partial charge >= 0.3 is 5.97 Å². The fourth-order valence-corrected chi connectivity index (χ4v) is 6.16. The smallest absolute Gasteiger partial charge is 0.325 e. The first-order chi connectivity index (χ1) is 23.7. The maximum absolute atomic E-state index is 15.6. The van der Waals surface area contributed by atoms with E-state index in [4.69, 9.17) is 35.3 Å². The van der Waals surface area contributed by atoms with Gasteiger partial charge in [0.2, 0.25) is 0 Å². The van der Waals surface area contributed by atoms with E-state index in [1.54, 1.807) is 50.4 Å². The summed E-state index contributed by atoms with van der Waals surface area (Å²) in [5.41, 5.74) is 4.76. The largest absolute Gasteiger partial charge is 0.488 e. The molecule has 0 amide bonds. The van der Waals surface area contributed by atoms with Gasteiger partial charge in [0.1, 0.15) is 49.5 Å². The van der Waals surface area contributed by atoms with Gasteiger partial charge in [-0.2, -0.15) is 5.26 Å². The van der Waals surface area contributed by atoms with Crippen LogP contribution < -0.4 is 24.3 Å². The van der Waals surface area contributed by atoms with Gasteiger partial charge in [0.15, 0.2) is 17.3 Å². The molecule has 1 aromatic heterocycles. The molecule has 2 heterocycles. The van der Waals surface area contributed by atoms with E-state index < -0.39 is 24.4 Å². The van der Waals surface area contributed by atoms with Gasteiger partial charge in [-0.15, -0.1) is 0 Å². The molecule has 0 bridgehead atoms. The number of carbonyl (C=O) groups is 1. The van der Waals surface area contributed by atoms with Gasteiger partial charge in [-0.1, -0.05) is 29.8 Å². The normalized spacial score (nSPS) is 15.3. The van der Waals surface area contributed by atoms with Crippen LogP contribution in [0.4, 0.5) is 4.39 Å². The average molecular weight is 688 g/mol. The predicted molar refractivity (Wildman–Crippen MR) is 178 cm³/mol. The van der Waals surface area contributed by atoms with Crippen molar-refractivity contribution in [3.63, 3.8) is 0 Å². The fourth-order valence-electron chi connectivity index (χ4n) is 5.93. The Morgan fingerprint density at radius 2 is 1.98 bits per heavy atom. The minimum absolute atomic E-state index is 0.0894. The monoisotopic (exact) mass is 687 g/mol. The molecule has 6 rings (SSSR count). The predicted octanol–water partition coefficient (Wildman–Crippen LogP) is 6.23. The summed E-state index contributed by atoms with van der Waals surface area (Å²) in [6, 6.07) is 15.3. The molecule has 254 valence electrons. The second-order valence-electron chi connectivity index (χ2n) is 11.9. The number of hydrogen-bond donors (Lipinski definition) is 2. The van der Waals surface area contributed by atoms with E-state index in [-0.39, 0.29) is 37.7 Å². The topological polar surface area (TPSA) is 132 Å². The Morgan fingerprint density at radius 1 is 1.14 bits per heavy atom. The van der Waals surface area contributed by atoms with Gasteiger partial charge < -0.3 is 28.8 Å². The number of fused-ring (bicyclic) bond motifs is 2. The van der Waals surface area contributed by atoms with Crippen molar-refractivity contribution in [2.45, 2.75) is 58.1 Å². The number of hydrogen-bond acceptors (Lipinski definition) is 10. The highest BCUT2D eigenvalue weighted by Crippen LogP contribution is 2.45. The lowest BCUT2D eigenvalue weighted by molar-refractivity contribution is -0.151. The second kappa shape index (κ2) is 15.1. The summed E-state index contributed by atoms with van der Waals surface area (Å²) >= 11 is 6.79. The van der Waals surface area contributed by atoms with E-state index in [1.165, 1.54) is 6.20 Å². The SMILES string of the molecule is CC(C)OC(=O)C(CO)NCc1cc(Cl)c(OC2CCc3c(-c4ccc5c(c4F)OCCO5)cccc32)cc1OCc1cncc(C#N)c1. The minimum atomic E-state index is -0.968. The molecule has 4 aromatic rings. The van der Waals surface area contributed by atoms with Crippen LogP contribution in [-0.4, -0.2) is 48.0 Å². The van der Waals surface area contributed by atoms with Crippen LogP contribution in [0.2, 0.25) is 5.02 Å². The van der Waals surface area contributed by atoms with Gasteiger partial charge in [-0.3, -0.25) is 15.1 Å². The number of esters is 1. The van der Waals surface area contributed by atoms with Crippen molar-refractivity contribution in [2.24, 2.45) is 0 Å². The molecular weight excluding hydrogens is 653 g/mol. The zero-order valence-electron chi connectivity index (χ0n) is 27.0. The number of nitrogens with zero attached hydrogens (tertiary/aromatic N) is 2. The minimum Gasteiger partial charge on any atom is -0.488 e. The fraction of sp³-hybridized carbons (Fsp3) is 0.324. The van der Waals surface area contributed by atoms with Gasteiger partial charge in [0.05, 0.1) is 23.3 Å². The van der Waals surface area contributed by atoms with Crippen LogP contribution in [0.15, 0.2) is 60.9 Å². The Kier molecular flexibility index (Phi) is 10.5. The van der Waals surface area contributed by atoms with Crippen molar-refractivity contribution >= 4 is 17.6 Å². The van der Waals surface area contributed by atoms with Crippen LogP contribution in [0, 0.1) is 17.1 Å². The van der Waals surface area contributed by atoms with Crippen LogP contribution in [0.25, 0.3) is 11.1 Å². The number of pyridine rings is 1. The lowest BCUT2D eigenvalue weighted by Gasteiger charge is -2.22. The number of ether oxygens (including phenoxy) is 5. The number of aliphatic hydroxyl groups excluding tert-OH is 1. The second-order valence-corrected chi connectivity index (χ2v) is 12.4. The van der Waals surface area contributed by atoms with E-state index in [9.17, 15) is 15.2 Å². The van der Waals surface area contributed by atoms with E-state index in [2.05, 4.69) is 16.4 Å². The van der Waals surface area contributed by atoms with Gasteiger partial charge in [-0.25, -0.2) is 4.39 Å². The van der Waals surface area contributed by atoms with Crippen LogP contribution >= 0.6 is 11.6 Å². The van der Waals surface area contributed by atoms with Gasteiger partial charge in [0, 0.05) is 41.7 Å². The lowest BCUT2D eigenvalue weighted by atomic mass is 9.96. The quantitative estimate of drug-likeness (QED) is 0.165. The molecule has 10 nitrogen and oxygen atoms in total. The van der Waals surface area contributed by atoms with Crippen LogP contribution in [0.5, 0.6) is 23.0 Å². The summed E-state index contributed by atoms with van der Waals surface area (Å²) in [6.45, 7) is 3.85. The van der Waals surface area contributed by atoms with Crippen molar-refractivity contribution in [2.75, 3.05) is 19.8 Å². The summed E-state index contributed by atoms with van der Waals surface area (Å²) < 4.78 is 44.7.